The van der Waals surface area contributed by atoms with Crippen LogP contribution >= 0.6 is 7.60 Å². The Labute approximate surface area is 166 Å². The van der Waals surface area contributed by atoms with Gasteiger partial charge in [-0.05, 0) is 18.9 Å². The summed E-state index contributed by atoms with van der Waals surface area (Å²) in [6.07, 6.45) is 0.412. The minimum absolute atomic E-state index is 0.1000. The van der Waals surface area contributed by atoms with E-state index in [9.17, 15) is 14.2 Å². The normalized spacial score (nSPS) is 15.1. The molecule has 0 fully saturated rings. The Morgan fingerprint density at radius 3 is 2.43 bits per heavy atom. The first-order valence-electron chi connectivity index (χ1n) is 9.21. The third kappa shape index (κ3) is 8.87. The average molecular weight is 415 g/mol. The summed E-state index contributed by atoms with van der Waals surface area (Å²) in [5, 5.41) is 2.45. The summed E-state index contributed by atoms with van der Waals surface area (Å²) in [7, 11) is -1.09. The van der Waals surface area contributed by atoms with Gasteiger partial charge in [0, 0.05) is 7.11 Å². The second-order valence-corrected chi connectivity index (χ2v) is 8.45. The third-order valence-electron chi connectivity index (χ3n) is 4.02. The monoisotopic (exact) mass is 415 g/mol. The zero-order valence-electron chi connectivity index (χ0n) is 16.9. The number of nitrogens with one attached hydrogen (secondary N) is 1. The van der Waals surface area contributed by atoms with Crippen molar-refractivity contribution >= 4 is 19.7 Å². The predicted octanol–water partition coefficient (Wildman–Crippen LogP) is 4.09. The van der Waals surface area contributed by atoms with Crippen molar-refractivity contribution in [3.8, 4) is 0 Å². The van der Waals surface area contributed by atoms with Crippen molar-refractivity contribution in [3.63, 3.8) is 0 Å². The molecule has 0 heterocycles. The van der Waals surface area contributed by atoms with E-state index in [1.807, 2.05) is 37.3 Å². The smallest absolute Gasteiger partial charge is 0.409 e. The van der Waals surface area contributed by atoms with Crippen molar-refractivity contribution in [2.45, 2.75) is 45.9 Å². The van der Waals surface area contributed by atoms with E-state index < -0.39 is 31.8 Å². The molecular formula is C19H30NO7P. The van der Waals surface area contributed by atoms with Crippen molar-refractivity contribution in [1.29, 1.82) is 0 Å². The topological polar surface area (TPSA) is 100 Å². The number of hydrogen-bond donors (Lipinski definition) is 1. The number of esters is 1. The maximum absolute atomic E-state index is 12.9. The molecule has 1 amide bonds. The predicted molar refractivity (Wildman–Crippen MR) is 105 cm³/mol. The lowest BCUT2D eigenvalue weighted by molar-refractivity contribution is -0.145. The fourth-order valence-corrected chi connectivity index (χ4v) is 4.26. The van der Waals surface area contributed by atoms with E-state index in [0.29, 0.717) is 6.42 Å². The Morgan fingerprint density at radius 2 is 1.86 bits per heavy atom. The van der Waals surface area contributed by atoms with E-state index in [-0.39, 0.29) is 12.8 Å². The van der Waals surface area contributed by atoms with Gasteiger partial charge in [0.25, 0.3) is 0 Å². The molecule has 28 heavy (non-hydrogen) atoms. The molecule has 0 aliphatic rings. The largest absolute Gasteiger partial charge is 0.469 e. The molecule has 3 atom stereocenters. The molecular weight excluding hydrogens is 385 g/mol. The second-order valence-electron chi connectivity index (χ2n) is 6.29. The Hall–Kier alpha value is -1.89. The fourth-order valence-electron chi connectivity index (χ4n) is 2.53. The third-order valence-corrected chi connectivity index (χ3v) is 6.10. The number of unbranched alkanes of at least 4 members (excludes halogenated alkanes) is 1. The number of alkyl carbamates (subject to hydrolysis) is 1. The average Bonchev–Trinajstić information content (AvgIpc) is 2.69. The number of amides is 1. The molecule has 0 aromatic heterocycles. The van der Waals surface area contributed by atoms with Crippen molar-refractivity contribution in [3.05, 3.63) is 35.9 Å². The highest BCUT2D eigenvalue weighted by atomic mass is 31.2. The summed E-state index contributed by atoms with van der Waals surface area (Å²) < 4.78 is 33.3. The minimum atomic E-state index is -3.62. The molecule has 1 aromatic rings. The summed E-state index contributed by atoms with van der Waals surface area (Å²) in [5.74, 6) is -1.06. The summed E-state index contributed by atoms with van der Waals surface area (Å²) in [6, 6.07) is 9.20. The van der Waals surface area contributed by atoms with Gasteiger partial charge in [0.05, 0.1) is 19.2 Å². The van der Waals surface area contributed by atoms with Gasteiger partial charge < -0.3 is 14.0 Å². The van der Waals surface area contributed by atoms with Crippen LogP contribution in [-0.4, -0.2) is 38.7 Å². The fraction of sp³-hybridized carbons (Fsp3) is 0.579. The van der Waals surface area contributed by atoms with Crippen LogP contribution in [0.1, 0.15) is 38.7 Å². The van der Waals surface area contributed by atoms with E-state index in [1.165, 1.54) is 21.1 Å². The second kappa shape index (κ2) is 12.5. The van der Waals surface area contributed by atoms with Gasteiger partial charge in [-0.25, -0.2) is 4.79 Å². The number of hydrogen-bond acceptors (Lipinski definition) is 7. The Kier molecular flexibility index (Phi) is 10.8. The molecule has 8 nitrogen and oxygen atoms in total. The zero-order valence-corrected chi connectivity index (χ0v) is 17.8. The Bertz CT molecular complexity index is 653. The number of carbonyl (C=O) groups excluding carboxylic acids is 2. The van der Waals surface area contributed by atoms with Gasteiger partial charge in [0.1, 0.15) is 12.8 Å². The number of benzene rings is 1. The molecule has 9 heteroatoms. The van der Waals surface area contributed by atoms with Crippen LogP contribution in [0.3, 0.4) is 0 Å². The summed E-state index contributed by atoms with van der Waals surface area (Å²) >= 11 is 0. The van der Waals surface area contributed by atoms with Crippen LogP contribution in [0.15, 0.2) is 30.3 Å². The molecule has 0 aliphatic heterocycles. The maximum Gasteiger partial charge on any atom is 0.409 e. The van der Waals surface area contributed by atoms with Crippen molar-refractivity contribution in [2.24, 2.45) is 5.92 Å². The highest BCUT2D eigenvalue weighted by Crippen LogP contribution is 2.50. The van der Waals surface area contributed by atoms with Gasteiger partial charge in [0.15, 0.2) is 0 Å². The lowest BCUT2D eigenvalue weighted by Crippen LogP contribution is -2.35. The summed E-state index contributed by atoms with van der Waals surface area (Å²) in [4.78, 5) is 23.9. The van der Waals surface area contributed by atoms with E-state index >= 15 is 0 Å². The van der Waals surface area contributed by atoms with E-state index in [0.717, 1.165) is 18.4 Å². The van der Waals surface area contributed by atoms with E-state index in [2.05, 4.69) is 5.32 Å². The molecule has 0 spiro atoms. The van der Waals surface area contributed by atoms with Crippen LogP contribution < -0.4 is 5.32 Å². The Balaban J connectivity index is 2.58. The molecule has 0 aliphatic carbocycles. The molecule has 1 rings (SSSR count). The van der Waals surface area contributed by atoms with E-state index in [4.69, 9.17) is 18.5 Å². The maximum atomic E-state index is 12.9. The van der Waals surface area contributed by atoms with Gasteiger partial charge in [-0.15, -0.1) is 0 Å². The van der Waals surface area contributed by atoms with Crippen LogP contribution in [0.2, 0.25) is 0 Å². The first kappa shape index (κ1) is 24.1. The van der Waals surface area contributed by atoms with Crippen molar-refractivity contribution < 1.29 is 32.7 Å². The molecule has 0 saturated heterocycles. The van der Waals surface area contributed by atoms with Gasteiger partial charge in [0.2, 0.25) is 0 Å². The first-order chi connectivity index (χ1) is 13.3. The molecule has 0 saturated carbocycles. The van der Waals surface area contributed by atoms with Gasteiger partial charge >= 0.3 is 19.7 Å². The summed E-state index contributed by atoms with van der Waals surface area (Å²) in [6.45, 7) is 3.60. The van der Waals surface area contributed by atoms with Crippen LogP contribution in [0, 0.1) is 5.92 Å². The molecule has 1 aromatic carbocycles. The van der Waals surface area contributed by atoms with Gasteiger partial charge in [-0.2, -0.15) is 0 Å². The van der Waals surface area contributed by atoms with Crippen LogP contribution in [0.5, 0.6) is 0 Å². The zero-order chi connectivity index (χ0) is 21.0. The molecule has 3 unspecified atom stereocenters. The number of methoxy groups -OCH3 is 1. The quantitative estimate of drug-likeness (QED) is 0.312. The first-order valence-corrected chi connectivity index (χ1v) is 10.9. The molecule has 158 valence electrons. The van der Waals surface area contributed by atoms with Crippen LogP contribution in [0.25, 0.3) is 0 Å². The van der Waals surface area contributed by atoms with Gasteiger partial charge in [-0.3, -0.25) is 19.2 Å². The number of rotatable bonds is 12. The number of ether oxygens (including phenoxy) is 2. The summed E-state index contributed by atoms with van der Waals surface area (Å²) in [5.41, 5.74) is 0.839. The molecule has 0 radical (unpaired) electrons. The van der Waals surface area contributed by atoms with Crippen LogP contribution in [-0.2, 0) is 34.5 Å². The highest BCUT2D eigenvalue weighted by Gasteiger charge is 2.34. The van der Waals surface area contributed by atoms with Gasteiger partial charge in [-0.1, -0.05) is 50.1 Å². The highest BCUT2D eigenvalue weighted by molar-refractivity contribution is 7.53. The standard InChI is InChI=1S/C19H30NO7P/c1-5-6-12-17(18(21)24-3)14-28(23,25-4)27-15(2)20-19(22)26-13-16-10-8-7-9-11-16/h7-11,15,17H,5-6,12-14H2,1-4H3,(H,20,22). The van der Waals surface area contributed by atoms with E-state index in [1.54, 1.807) is 0 Å². The SMILES string of the molecule is CCCCC(CP(=O)(OC)OC(C)NC(=O)OCc1ccccc1)C(=O)OC. The number of carbonyl (C=O) groups is 2. The van der Waals surface area contributed by atoms with Crippen molar-refractivity contribution in [2.75, 3.05) is 20.4 Å². The molecule has 0 bridgehead atoms. The lowest BCUT2D eigenvalue weighted by atomic mass is 10.0. The Morgan fingerprint density at radius 1 is 1.18 bits per heavy atom. The van der Waals surface area contributed by atoms with Crippen LogP contribution in [0.4, 0.5) is 4.79 Å². The minimum Gasteiger partial charge on any atom is -0.469 e. The van der Waals surface area contributed by atoms with Crippen molar-refractivity contribution in [1.82, 2.24) is 5.32 Å². The molecule has 1 N–H and O–H groups in total. The lowest BCUT2D eigenvalue weighted by Gasteiger charge is -2.24.